The topological polar surface area (TPSA) is 185 Å². The highest BCUT2D eigenvalue weighted by atomic mass is 16.5. The number of aromatic nitrogens is 6. The van der Waals surface area contributed by atoms with Crippen molar-refractivity contribution in [3.8, 4) is 0 Å². The molecule has 6 aromatic rings. The molecule has 0 aliphatic carbocycles. The molecule has 4 heterocycles. The van der Waals surface area contributed by atoms with Gasteiger partial charge in [0.25, 0.3) is 0 Å². The van der Waals surface area contributed by atoms with Gasteiger partial charge in [-0.15, -0.1) is 0 Å². The lowest BCUT2D eigenvalue weighted by Crippen LogP contribution is -2.27. The number of fused-ring (bicyclic) bond motifs is 6. The van der Waals surface area contributed by atoms with E-state index in [1.807, 2.05) is 71.5 Å². The standard InChI is InChI=1S/C20H26N4O4.C17H22N4O2/c1-5-27-11-15-22-16-17(24(15)12-20(3,4)26)13-9-7-8-10-14(13)21-18(16)23-19(25)28-6-2;1-4-23-9-13-20-14-15(21(13)10-17(2,3)22)11-7-5-6-8-12(11)19-16(14)18/h7-10,26H,5-6,11-12H2,1-4H3,(H,21,23,25);5-8,22H,4,9-10H2,1-3H3,(H2,18,19). The average Bonchev–Trinajstić information content (AvgIpc) is 3.60. The molecular weight excluding hydrogens is 652 g/mol. The van der Waals surface area contributed by atoms with Crippen LogP contribution >= 0.6 is 0 Å². The number of nitrogens with one attached hydrogen (secondary N) is 1. The van der Waals surface area contributed by atoms with Crippen molar-refractivity contribution in [3.63, 3.8) is 0 Å². The summed E-state index contributed by atoms with van der Waals surface area (Å²) in [5.41, 5.74) is 8.66. The lowest BCUT2D eigenvalue weighted by atomic mass is 10.1. The van der Waals surface area contributed by atoms with E-state index in [1.165, 1.54) is 0 Å². The Bertz CT molecular complexity index is 2150. The minimum atomic E-state index is -0.965. The van der Waals surface area contributed by atoms with E-state index in [9.17, 15) is 15.0 Å². The molecule has 0 atom stereocenters. The lowest BCUT2D eigenvalue weighted by molar-refractivity contribution is 0.0576. The number of imidazole rings is 2. The summed E-state index contributed by atoms with van der Waals surface area (Å²) in [4.78, 5) is 30.3. The number of nitrogen functional groups attached to an aromatic ring is 1. The van der Waals surface area contributed by atoms with E-state index in [1.54, 1.807) is 34.6 Å². The summed E-state index contributed by atoms with van der Waals surface area (Å²) >= 11 is 0. The Morgan fingerprint density at radius 1 is 0.725 bits per heavy atom. The number of carbonyl (C=O) groups excluding carboxylic acids is 1. The largest absolute Gasteiger partial charge is 0.450 e. The fourth-order valence-electron chi connectivity index (χ4n) is 5.86. The molecule has 0 saturated heterocycles. The zero-order chi connectivity index (χ0) is 36.9. The number of benzene rings is 2. The molecule has 2 aromatic carbocycles. The second-order valence-corrected chi connectivity index (χ2v) is 13.4. The van der Waals surface area contributed by atoms with E-state index >= 15 is 0 Å². The van der Waals surface area contributed by atoms with Crippen LogP contribution in [0.5, 0.6) is 0 Å². The number of para-hydroxylation sites is 2. The maximum absolute atomic E-state index is 12.0. The number of anilines is 2. The fourth-order valence-corrected chi connectivity index (χ4v) is 5.86. The van der Waals surface area contributed by atoms with Crippen molar-refractivity contribution in [2.45, 2.75) is 86.0 Å². The first-order chi connectivity index (χ1) is 24.2. The molecule has 0 unspecified atom stereocenters. The first-order valence-electron chi connectivity index (χ1n) is 17.1. The summed E-state index contributed by atoms with van der Waals surface area (Å²) in [7, 11) is 0. The molecule has 0 aliphatic heterocycles. The number of ether oxygens (including phenoxy) is 3. The fraction of sp³-hybridized carbons (Fsp3) is 0.432. The van der Waals surface area contributed by atoms with Crippen LogP contribution in [0.15, 0.2) is 48.5 Å². The van der Waals surface area contributed by atoms with Crippen molar-refractivity contribution < 1.29 is 29.2 Å². The zero-order valence-electron chi connectivity index (χ0n) is 30.4. The summed E-state index contributed by atoms with van der Waals surface area (Å²) in [6, 6.07) is 15.4. The monoisotopic (exact) mass is 700 g/mol. The molecule has 14 heteroatoms. The lowest BCUT2D eigenvalue weighted by Gasteiger charge is -2.20. The molecule has 0 saturated carbocycles. The van der Waals surface area contributed by atoms with Gasteiger partial charge in [0.1, 0.15) is 35.9 Å². The molecule has 5 N–H and O–H groups in total. The van der Waals surface area contributed by atoms with Crippen LogP contribution in [0, 0.1) is 0 Å². The van der Waals surface area contributed by atoms with E-state index in [4.69, 9.17) is 24.9 Å². The highest BCUT2D eigenvalue weighted by Gasteiger charge is 2.25. The summed E-state index contributed by atoms with van der Waals surface area (Å²) in [5, 5.41) is 25.3. The molecule has 0 radical (unpaired) electrons. The first kappa shape index (κ1) is 37.4. The first-order valence-corrected chi connectivity index (χ1v) is 17.1. The van der Waals surface area contributed by atoms with E-state index in [0.717, 1.165) is 33.1 Å². The molecule has 14 nitrogen and oxygen atoms in total. The van der Waals surface area contributed by atoms with Crippen molar-refractivity contribution >= 4 is 61.6 Å². The normalized spacial score (nSPS) is 12.1. The smallest absolute Gasteiger partial charge is 0.412 e. The summed E-state index contributed by atoms with van der Waals surface area (Å²) < 4.78 is 20.0. The molecule has 272 valence electrons. The maximum atomic E-state index is 12.0. The molecule has 0 spiro atoms. The second-order valence-electron chi connectivity index (χ2n) is 13.4. The SMILES string of the molecule is CCOCc1nc2c(N)nc3ccccc3c2n1CC(C)(C)O.CCOCc1nc2c(NC(=O)OCC)nc3ccccc3c2n1CC(C)(C)O. The maximum Gasteiger partial charge on any atom is 0.412 e. The number of aliphatic hydroxyl groups is 2. The molecule has 0 bridgehead atoms. The van der Waals surface area contributed by atoms with Crippen LogP contribution in [0.3, 0.4) is 0 Å². The highest BCUT2D eigenvalue weighted by Crippen LogP contribution is 2.32. The van der Waals surface area contributed by atoms with E-state index in [2.05, 4.69) is 20.3 Å². The van der Waals surface area contributed by atoms with Gasteiger partial charge in [-0.05, 0) is 60.6 Å². The van der Waals surface area contributed by atoms with Gasteiger partial charge in [0.15, 0.2) is 11.6 Å². The van der Waals surface area contributed by atoms with Gasteiger partial charge in [-0.2, -0.15) is 0 Å². The van der Waals surface area contributed by atoms with Crippen LogP contribution in [0.2, 0.25) is 0 Å². The van der Waals surface area contributed by atoms with Crippen molar-refractivity contribution in [2.24, 2.45) is 0 Å². The summed E-state index contributed by atoms with van der Waals surface area (Å²) in [6.07, 6.45) is -0.588. The molecule has 0 aliphatic rings. The van der Waals surface area contributed by atoms with Gasteiger partial charge >= 0.3 is 6.09 Å². The minimum Gasteiger partial charge on any atom is -0.450 e. The predicted octanol–water partition coefficient (Wildman–Crippen LogP) is 5.93. The number of hydrogen-bond acceptors (Lipinski definition) is 11. The Hall–Kier alpha value is -4.89. The van der Waals surface area contributed by atoms with Gasteiger partial charge in [-0.1, -0.05) is 36.4 Å². The Kier molecular flexibility index (Phi) is 11.4. The summed E-state index contributed by atoms with van der Waals surface area (Å²) in [6.45, 7) is 15.4. The van der Waals surface area contributed by atoms with Crippen LogP contribution in [-0.2, 0) is 40.5 Å². The number of amides is 1. The molecule has 1 amide bonds. The van der Waals surface area contributed by atoms with Crippen molar-refractivity contribution in [1.82, 2.24) is 29.1 Å². The van der Waals surface area contributed by atoms with Crippen LogP contribution < -0.4 is 11.1 Å². The number of rotatable bonds is 12. The van der Waals surface area contributed by atoms with Crippen LogP contribution in [0.25, 0.3) is 43.9 Å². The van der Waals surface area contributed by atoms with Gasteiger partial charge in [0, 0.05) is 24.0 Å². The zero-order valence-corrected chi connectivity index (χ0v) is 30.4. The van der Waals surface area contributed by atoms with Gasteiger partial charge in [-0.25, -0.2) is 24.7 Å². The number of pyridine rings is 2. The second kappa shape index (κ2) is 15.6. The van der Waals surface area contributed by atoms with E-state index in [-0.39, 0.29) is 13.2 Å². The number of carbonyl (C=O) groups is 1. The molecular formula is C37H48N8O6. The Labute approximate surface area is 296 Å². The number of nitrogens with two attached hydrogens (primary N) is 1. The highest BCUT2D eigenvalue weighted by molar-refractivity contribution is 6.09. The Morgan fingerprint density at radius 3 is 1.69 bits per heavy atom. The Balaban J connectivity index is 0.000000201. The van der Waals surface area contributed by atoms with Crippen LogP contribution in [-0.4, -0.2) is 76.4 Å². The quantitative estimate of drug-likeness (QED) is 0.119. The van der Waals surface area contributed by atoms with Gasteiger partial charge < -0.3 is 39.3 Å². The average molecular weight is 701 g/mol. The third kappa shape index (κ3) is 8.71. The molecule has 6 rings (SSSR count). The van der Waals surface area contributed by atoms with Gasteiger partial charge in [0.2, 0.25) is 0 Å². The van der Waals surface area contributed by atoms with Crippen LogP contribution in [0.1, 0.15) is 60.1 Å². The predicted molar refractivity (Wildman–Crippen MR) is 198 cm³/mol. The Morgan fingerprint density at radius 2 is 1.20 bits per heavy atom. The van der Waals surface area contributed by atoms with Gasteiger partial charge in [0.05, 0.1) is 53.0 Å². The molecule has 0 fully saturated rings. The third-order valence-corrected chi connectivity index (χ3v) is 7.81. The summed E-state index contributed by atoms with van der Waals surface area (Å²) in [5.74, 6) is 2.11. The number of nitrogens with zero attached hydrogens (tertiary/aromatic N) is 6. The van der Waals surface area contributed by atoms with Crippen LogP contribution in [0.4, 0.5) is 16.4 Å². The van der Waals surface area contributed by atoms with Crippen molar-refractivity contribution in [3.05, 3.63) is 60.2 Å². The number of hydrogen-bond donors (Lipinski definition) is 4. The van der Waals surface area contributed by atoms with Gasteiger partial charge in [-0.3, -0.25) is 5.32 Å². The minimum absolute atomic E-state index is 0.255. The molecule has 51 heavy (non-hydrogen) atoms. The van der Waals surface area contributed by atoms with Crippen molar-refractivity contribution in [1.29, 1.82) is 0 Å². The molecule has 4 aromatic heterocycles. The van der Waals surface area contributed by atoms with E-state index < -0.39 is 17.3 Å². The van der Waals surface area contributed by atoms with Crippen molar-refractivity contribution in [2.75, 3.05) is 30.9 Å². The third-order valence-electron chi connectivity index (χ3n) is 7.81. The van der Waals surface area contributed by atoms with E-state index in [0.29, 0.717) is 66.9 Å².